The molecule has 0 N–H and O–H groups in total. The summed E-state index contributed by atoms with van der Waals surface area (Å²) in [7, 11) is 1.68. The summed E-state index contributed by atoms with van der Waals surface area (Å²) >= 11 is 5.88. The van der Waals surface area contributed by atoms with Crippen LogP contribution in [0, 0.1) is 11.8 Å². The van der Waals surface area contributed by atoms with Crippen LogP contribution in [0.15, 0.2) is 18.2 Å². The van der Waals surface area contributed by atoms with Crippen molar-refractivity contribution in [3.63, 3.8) is 0 Å². The SMILES string of the molecule is COc1ccc(CCl)cc1OC1CC2CCC1C2. The molecule has 0 spiro atoms. The maximum atomic E-state index is 6.19. The number of rotatable bonds is 4. The molecule has 3 atom stereocenters. The summed E-state index contributed by atoms with van der Waals surface area (Å²) in [6.45, 7) is 0. The molecule has 0 heterocycles. The molecule has 2 fully saturated rings. The average Bonchev–Trinajstić information content (AvgIpc) is 3.01. The minimum atomic E-state index is 0.378. The third-order valence-corrected chi connectivity index (χ3v) is 4.64. The molecule has 98 valence electrons. The Hall–Kier alpha value is -0.890. The predicted molar refractivity (Wildman–Crippen MR) is 72.4 cm³/mol. The Morgan fingerprint density at radius 3 is 2.72 bits per heavy atom. The lowest BCUT2D eigenvalue weighted by molar-refractivity contribution is 0.133. The van der Waals surface area contributed by atoms with E-state index >= 15 is 0 Å². The molecule has 0 aromatic heterocycles. The van der Waals surface area contributed by atoms with Gasteiger partial charge in [0.25, 0.3) is 0 Å². The highest BCUT2D eigenvalue weighted by Gasteiger charge is 2.41. The molecule has 1 aromatic rings. The van der Waals surface area contributed by atoms with Gasteiger partial charge in [0.15, 0.2) is 11.5 Å². The van der Waals surface area contributed by atoms with Crippen molar-refractivity contribution >= 4 is 11.6 Å². The quantitative estimate of drug-likeness (QED) is 0.767. The minimum Gasteiger partial charge on any atom is -0.493 e. The van der Waals surface area contributed by atoms with Crippen LogP contribution in [0.1, 0.15) is 31.2 Å². The summed E-state index contributed by atoms with van der Waals surface area (Å²) in [4.78, 5) is 0. The molecule has 0 saturated heterocycles. The lowest BCUT2D eigenvalue weighted by Crippen LogP contribution is -2.23. The standard InChI is InChI=1S/C15H19ClO2/c1-17-13-5-3-11(9-16)8-15(13)18-14-7-10-2-4-12(14)6-10/h3,5,8,10,12,14H,2,4,6-7,9H2,1H3. The van der Waals surface area contributed by atoms with Gasteiger partial charge in [0.2, 0.25) is 0 Å². The molecule has 3 heteroatoms. The van der Waals surface area contributed by atoms with Gasteiger partial charge in [0.1, 0.15) is 6.10 Å². The average molecular weight is 267 g/mol. The molecule has 2 aliphatic rings. The van der Waals surface area contributed by atoms with E-state index in [9.17, 15) is 0 Å². The van der Waals surface area contributed by atoms with Gasteiger partial charge in [0.05, 0.1) is 7.11 Å². The second kappa shape index (κ2) is 5.00. The number of hydrogen-bond acceptors (Lipinski definition) is 2. The molecule has 0 aliphatic heterocycles. The zero-order valence-electron chi connectivity index (χ0n) is 10.7. The van der Waals surface area contributed by atoms with Crippen LogP contribution in [0.4, 0.5) is 0 Å². The Bertz CT molecular complexity index is 433. The summed E-state index contributed by atoms with van der Waals surface area (Å²) < 4.78 is 11.6. The molecule has 3 rings (SSSR count). The number of ether oxygens (including phenoxy) is 2. The van der Waals surface area contributed by atoms with Gasteiger partial charge < -0.3 is 9.47 Å². The molecule has 0 amide bonds. The Balaban J connectivity index is 1.78. The van der Waals surface area contributed by atoms with E-state index in [1.165, 1.54) is 25.7 Å². The summed E-state index contributed by atoms with van der Waals surface area (Å²) in [5.74, 6) is 3.82. The van der Waals surface area contributed by atoms with Gasteiger partial charge in [-0.3, -0.25) is 0 Å². The Kier molecular flexibility index (Phi) is 3.38. The first-order valence-electron chi connectivity index (χ1n) is 6.69. The lowest BCUT2D eigenvalue weighted by Gasteiger charge is -2.24. The maximum absolute atomic E-state index is 6.19. The van der Waals surface area contributed by atoms with Gasteiger partial charge in [-0.2, -0.15) is 0 Å². The highest BCUT2D eigenvalue weighted by atomic mass is 35.5. The molecule has 0 radical (unpaired) electrons. The Labute approximate surface area is 113 Å². The van der Waals surface area contributed by atoms with Gasteiger partial charge in [0, 0.05) is 5.88 Å². The third kappa shape index (κ3) is 2.18. The lowest BCUT2D eigenvalue weighted by atomic mass is 9.97. The molecule has 2 saturated carbocycles. The first-order valence-corrected chi connectivity index (χ1v) is 7.23. The zero-order chi connectivity index (χ0) is 12.5. The van der Waals surface area contributed by atoms with E-state index in [2.05, 4.69) is 0 Å². The van der Waals surface area contributed by atoms with Crippen molar-refractivity contribution < 1.29 is 9.47 Å². The highest BCUT2D eigenvalue weighted by Crippen LogP contribution is 2.46. The minimum absolute atomic E-state index is 0.378. The number of alkyl halides is 1. The van der Waals surface area contributed by atoms with E-state index < -0.39 is 0 Å². The number of methoxy groups -OCH3 is 1. The Morgan fingerprint density at radius 1 is 1.22 bits per heavy atom. The smallest absolute Gasteiger partial charge is 0.161 e. The number of benzene rings is 1. The van der Waals surface area contributed by atoms with Crippen LogP contribution in [-0.2, 0) is 5.88 Å². The van der Waals surface area contributed by atoms with Crippen molar-refractivity contribution in [2.45, 2.75) is 37.7 Å². The van der Waals surface area contributed by atoms with Crippen LogP contribution < -0.4 is 9.47 Å². The van der Waals surface area contributed by atoms with Gasteiger partial charge in [-0.05, 0) is 55.2 Å². The first-order chi connectivity index (χ1) is 8.80. The molecular weight excluding hydrogens is 248 g/mol. The van der Waals surface area contributed by atoms with Crippen molar-refractivity contribution in [3.05, 3.63) is 23.8 Å². The van der Waals surface area contributed by atoms with Crippen molar-refractivity contribution in [2.24, 2.45) is 11.8 Å². The maximum Gasteiger partial charge on any atom is 0.161 e. The van der Waals surface area contributed by atoms with E-state index in [0.29, 0.717) is 12.0 Å². The molecular formula is C15H19ClO2. The van der Waals surface area contributed by atoms with Crippen molar-refractivity contribution in [1.82, 2.24) is 0 Å². The summed E-state index contributed by atoms with van der Waals surface area (Å²) in [6, 6.07) is 5.94. The van der Waals surface area contributed by atoms with Crippen molar-refractivity contribution in [1.29, 1.82) is 0 Å². The van der Waals surface area contributed by atoms with Gasteiger partial charge in [-0.25, -0.2) is 0 Å². The van der Waals surface area contributed by atoms with E-state index in [4.69, 9.17) is 21.1 Å². The largest absolute Gasteiger partial charge is 0.493 e. The molecule has 2 bridgehead atoms. The van der Waals surface area contributed by atoms with Gasteiger partial charge in [-0.15, -0.1) is 11.6 Å². The second-order valence-electron chi connectivity index (χ2n) is 5.45. The molecule has 2 nitrogen and oxygen atoms in total. The Morgan fingerprint density at radius 2 is 2.11 bits per heavy atom. The van der Waals surface area contributed by atoms with E-state index in [0.717, 1.165) is 28.9 Å². The van der Waals surface area contributed by atoms with Crippen LogP contribution in [-0.4, -0.2) is 13.2 Å². The molecule has 3 unspecified atom stereocenters. The van der Waals surface area contributed by atoms with Crippen LogP contribution in [0.3, 0.4) is 0 Å². The normalized spacial score (nSPS) is 29.6. The number of halogens is 1. The van der Waals surface area contributed by atoms with Crippen LogP contribution in [0.5, 0.6) is 11.5 Å². The molecule has 1 aromatic carbocycles. The third-order valence-electron chi connectivity index (χ3n) is 4.33. The van der Waals surface area contributed by atoms with E-state index in [1.807, 2.05) is 18.2 Å². The van der Waals surface area contributed by atoms with E-state index in [-0.39, 0.29) is 0 Å². The van der Waals surface area contributed by atoms with Crippen LogP contribution >= 0.6 is 11.6 Å². The summed E-state index contributed by atoms with van der Waals surface area (Å²) in [5.41, 5.74) is 1.08. The van der Waals surface area contributed by atoms with Gasteiger partial charge in [-0.1, -0.05) is 6.07 Å². The summed E-state index contributed by atoms with van der Waals surface area (Å²) in [5, 5.41) is 0. The monoisotopic (exact) mass is 266 g/mol. The number of fused-ring (bicyclic) bond motifs is 2. The van der Waals surface area contributed by atoms with E-state index in [1.54, 1.807) is 7.11 Å². The zero-order valence-corrected chi connectivity index (χ0v) is 11.5. The fraction of sp³-hybridized carbons (Fsp3) is 0.600. The van der Waals surface area contributed by atoms with Gasteiger partial charge >= 0.3 is 0 Å². The highest BCUT2D eigenvalue weighted by molar-refractivity contribution is 6.17. The fourth-order valence-corrected chi connectivity index (χ4v) is 3.56. The van der Waals surface area contributed by atoms with Crippen molar-refractivity contribution in [2.75, 3.05) is 7.11 Å². The summed E-state index contributed by atoms with van der Waals surface area (Å²) in [6.07, 6.45) is 5.65. The first kappa shape index (κ1) is 12.2. The predicted octanol–water partition coefficient (Wildman–Crippen LogP) is 4.00. The molecule has 2 aliphatic carbocycles. The van der Waals surface area contributed by atoms with Crippen molar-refractivity contribution in [3.8, 4) is 11.5 Å². The topological polar surface area (TPSA) is 18.5 Å². The fourth-order valence-electron chi connectivity index (χ4n) is 3.39. The van der Waals surface area contributed by atoms with Crippen LogP contribution in [0.25, 0.3) is 0 Å². The second-order valence-corrected chi connectivity index (χ2v) is 5.72. The molecule has 18 heavy (non-hydrogen) atoms. The van der Waals surface area contributed by atoms with Crippen LogP contribution in [0.2, 0.25) is 0 Å². The number of hydrogen-bond donors (Lipinski definition) is 0.